The molecule has 0 aliphatic carbocycles. The van der Waals surface area contributed by atoms with E-state index in [2.05, 4.69) is 25.7 Å². The number of phenolic OH excluding ortho intramolecular Hbond substituents is 1. The monoisotopic (exact) mass is 657 g/mol. The van der Waals surface area contributed by atoms with Crippen molar-refractivity contribution in [3.05, 3.63) is 118 Å². The van der Waals surface area contributed by atoms with Gasteiger partial charge in [-0.15, -0.1) is 11.8 Å². The molecule has 244 valence electrons. The number of thioether (sulfide) groups is 1. The first-order chi connectivity index (χ1) is 21.3. The van der Waals surface area contributed by atoms with Crippen LogP contribution in [0.1, 0.15) is 71.9 Å². The molecule has 1 atom stereocenters. The van der Waals surface area contributed by atoms with Gasteiger partial charge in [-0.2, -0.15) is 0 Å². The van der Waals surface area contributed by atoms with E-state index in [4.69, 9.17) is 0 Å². The Kier molecular flexibility index (Phi) is 16.4. The fraction of sp³-hybridized carbons (Fsp3) is 0.314. The second kappa shape index (κ2) is 18.8. The van der Waals surface area contributed by atoms with Gasteiger partial charge in [0.15, 0.2) is 15.6 Å². The molecule has 3 N–H and O–H groups in total. The average molecular weight is 658 g/mol. The van der Waals surface area contributed by atoms with E-state index < -0.39 is 33.3 Å². The highest BCUT2D eigenvalue weighted by Gasteiger charge is 2.43. The number of aliphatic carboxylic acids is 1. The molecule has 0 amide bonds. The predicted octanol–water partition coefficient (Wildman–Crippen LogP) is 8.22. The Balaban J connectivity index is 0.000000569. The third kappa shape index (κ3) is 10.3. The van der Waals surface area contributed by atoms with Gasteiger partial charge in [-0.25, -0.2) is 17.6 Å². The summed E-state index contributed by atoms with van der Waals surface area (Å²) in [5.41, 5.74) is 1.12. The van der Waals surface area contributed by atoms with E-state index in [1.807, 2.05) is 39.0 Å². The molecule has 2 aliphatic rings. The lowest BCUT2D eigenvalue weighted by Crippen LogP contribution is -2.34. The quantitative estimate of drug-likeness (QED) is 0.217. The molecule has 2 aliphatic heterocycles. The number of ketones is 1. The number of carbonyl (C=O) groups excluding carboxylic acids is 1. The zero-order valence-corrected chi connectivity index (χ0v) is 28.6. The van der Waals surface area contributed by atoms with Crippen molar-refractivity contribution in [1.29, 1.82) is 0 Å². The van der Waals surface area contributed by atoms with Crippen LogP contribution in [0.25, 0.3) is 0 Å². The molecule has 2 aromatic rings. The van der Waals surface area contributed by atoms with Crippen LogP contribution in [-0.2, 0) is 25.2 Å². The summed E-state index contributed by atoms with van der Waals surface area (Å²) in [7, 11) is -4.05. The van der Waals surface area contributed by atoms with Crippen molar-refractivity contribution in [3.8, 4) is 5.75 Å². The largest absolute Gasteiger partial charge is 0.508 e. The Hall–Kier alpha value is -3.89. The van der Waals surface area contributed by atoms with Crippen LogP contribution in [0.4, 0.5) is 4.39 Å². The molecule has 0 aromatic heterocycles. The van der Waals surface area contributed by atoms with Gasteiger partial charge < -0.3 is 15.5 Å². The maximum absolute atomic E-state index is 14.8. The maximum atomic E-state index is 14.8. The van der Waals surface area contributed by atoms with Gasteiger partial charge in [0.25, 0.3) is 0 Å². The zero-order chi connectivity index (χ0) is 34.3. The lowest BCUT2D eigenvalue weighted by molar-refractivity contribution is -0.133. The number of fused-ring (bicyclic) bond motifs is 1. The van der Waals surface area contributed by atoms with Crippen molar-refractivity contribution >= 4 is 33.4 Å². The van der Waals surface area contributed by atoms with E-state index in [0.717, 1.165) is 11.0 Å². The number of allylic oxidation sites excluding steroid dienone is 7. The number of rotatable bonds is 5. The molecule has 0 spiro atoms. The van der Waals surface area contributed by atoms with Gasteiger partial charge in [0.1, 0.15) is 11.6 Å². The second-order valence-corrected chi connectivity index (χ2v) is 12.7. The van der Waals surface area contributed by atoms with Crippen LogP contribution in [-0.4, -0.2) is 36.1 Å². The van der Waals surface area contributed by atoms with Crippen LogP contribution in [0.2, 0.25) is 0 Å². The van der Waals surface area contributed by atoms with E-state index in [-0.39, 0.29) is 39.0 Å². The molecular weight excluding hydrogens is 614 g/mol. The Labute approximate surface area is 271 Å². The molecule has 45 heavy (non-hydrogen) atoms. The van der Waals surface area contributed by atoms with Crippen LogP contribution in [0.5, 0.6) is 5.75 Å². The van der Waals surface area contributed by atoms with Crippen molar-refractivity contribution in [2.45, 2.75) is 71.5 Å². The van der Waals surface area contributed by atoms with Crippen LogP contribution in [0, 0.1) is 5.82 Å². The summed E-state index contributed by atoms with van der Waals surface area (Å²) in [6, 6.07) is 10.7. The summed E-state index contributed by atoms with van der Waals surface area (Å²) in [5, 5.41) is 23.1. The van der Waals surface area contributed by atoms with E-state index >= 15 is 0 Å². The number of sulfone groups is 1. The number of nitrogens with one attached hydrogen (secondary N) is 1. The van der Waals surface area contributed by atoms with Crippen molar-refractivity contribution in [2.24, 2.45) is 0 Å². The summed E-state index contributed by atoms with van der Waals surface area (Å²) in [6.07, 6.45) is 8.15. The minimum atomic E-state index is -4.05. The normalized spacial score (nSPS) is 16.9. The number of hydrogen-bond donors (Lipinski definition) is 3. The molecule has 0 radical (unpaired) electrons. The lowest BCUT2D eigenvalue weighted by Gasteiger charge is -2.33. The van der Waals surface area contributed by atoms with Crippen LogP contribution < -0.4 is 5.32 Å². The number of carboxylic acid groups (broad SMARTS) is 1. The molecule has 10 heteroatoms. The van der Waals surface area contributed by atoms with Crippen molar-refractivity contribution < 1.29 is 32.6 Å². The highest BCUT2D eigenvalue weighted by molar-refractivity contribution is 8.00. The third-order valence-electron chi connectivity index (χ3n) is 6.22. The first-order valence-corrected chi connectivity index (χ1v) is 17.3. The number of halogens is 1. The standard InChI is InChI=1S/C21H18FNO5S2.C9H12O.C3H8.C2H6/c1-11-17(21(25)26)19(18-13(22)6-4-7-15(18)24)20-14(23-11)9-29-16-8-3-2-5-12(16)10-30(20,27)28;1-4-6-9(7-5-2)8(3)10;1-3-2;1-2/h2-8,19,23-24H,9-10H2,1H3,(H,25,26);4-7H,1H2,2-3H3;3H2,1-2H3;1-2H3/b;7-5-,9-6+;;. The molecule has 7 nitrogen and oxygen atoms in total. The zero-order valence-electron chi connectivity index (χ0n) is 27.0. The van der Waals surface area contributed by atoms with E-state index in [1.165, 1.54) is 44.2 Å². The van der Waals surface area contributed by atoms with Gasteiger partial charge in [0.05, 0.1) is 22.1 Å². The molecule has 4 rings (SSSR count). The molecule has 0 saturated carbocycles. The Bertz CT molecular complexity index is 1580. The van der Waals surface area contributed by atoms with Crippen LogP contribution >= 0.6 is 11.8 Å². The van der Waals surface area contributed by atoms with Crippen molar-refractivity contribution in [2.75, 3.05) is 5.75 Å². The lowest BCUT2D eigenvalue weighted by atomic mass is 9.85. The summed E-state index contributed by atoms with van der Waals surface area (Å²) in [4.78, 5) is 23.4. The maximum Gasteiger partial charge on any atom is 0.334 e. The molecule has 1 unspecified atom stereocenters. The average Bonchev–Trinajstić information content (AvgIpc) is 2.97. The number of carboxylic acids is 1. The molecule has 2 heterocycles. The Morgan fingerprint density at radius 2 is 1.76 bits per heavy atom. The smallest absolute Gasteiger partial charge is 0.334 e. The summed E-state index contributed by atoms with van der Waals surface area (Å²) < 4.78 is 41.8. The second-order valence-electron chi connectivity index (χ2n) is 9.69. The number of dihydropyridines is 1. The fourth-order valence-corrected chi connectivity index (χ4v) is 7.64. The van der Waals surface area contributed by atoms with Crippen LogP contribution in [0.3, 0.4) is 0 Å². The van der Waals surface area contributed by atoms with Crippen molar-refractivity contribution in [3.63, 3.8) is 0 Å². The summed E-state index contributed by atoms with van der Waals surface area (Å²) >= 11 is 1.42. The van der Waals surface area contributed by atoms with Gasteiger partial charge in [-0.3, -0.25) is 4.79 Å². The summed E-state index contributed by atoms with van der Waals surface area (Å²) in [5.74, 6) is -4.27. The first-order valence-electron chi connectivity index (χ1n) is 14.7. The van der Waals surface area contributed by atoms with Crippen molar-refractivity contribution in [1.82, 2.24) is 5.32 Å². The molecule has 0 saturated heterocycles. The number of phenols is 1. The molecule has 0 bridgehead atoms. The van der Waals surface area contributed by atoms with Gasteiger partial charge in [-0.1, -0.05) is 89.3 Å². The topological polar surface area (TPSA) is 121 Å². The van der Waals surface area contributed by atoms with Gasteiger partial charge in [0, 0.05) is 33.2 Å². The summed E-state index contributed by atoms with van der Waals surface area (Å²) in [6.45, 7) is 16.7. The van der Waals surface area contributed by atoms with E-state index in [0.29, 0.717) is 16.8 Å². The molecule has 2 aromatic carbocycles. The highest BCUT2D eigenvalue weighted by atomic mass is 32.2. The van der Waals surface area contributed by atoms with Gasteiger partial charge >= 0.3 is 5.97 Å². The van der Waals surface area contributed by atoms with Gasteiger partial charge in [-0.05, 0) is 44.5 Å². The number of Topliss-reactive ketones (excluding diaryl/α,β-unsaturated/α-hetero) is 1. The number of aromatic hydroxyl groups is 1. The number of hydrogen-bond acceptors (Lipinski definition) is 7. The van der Waals surface area contributed by atoms with E-state index in [1.54, 1.807) is 30.4 Å². The third-order valence-corrected chi connectivity index (χ3v) is 9.20. The first kappa shape index (κ1) is 39.1. The Morgan fingerprint density at radius 1 is 1.13 bits per heavy atom. The molecule has 0 fully saturated rings. The minimum absolute atomic E-state index is 0.0676. The highest BCUT2D eigenvalue weighted by Crippen LogP contribution is 2.47. The number of carbonyl (C=O) groups is 2. The predicted molar refractivity (Wildman–Crippen MR) is 182 cm³/mol. The SMILES string of the molecule is C=C/C=C(\C=C/C)C(C)=O.CC.CC1=C(C(=O)O)C(c2c(O)cccc2F)C2=C(CSc3ccccc3CS2(=O)=O)N1.CCC. The minimum Gasteiger partial charge on any atom is -0.508 e. The number of benzene rings is 2. The van der Waals surface area contributed by atoms with Crippen LogP contribution in [0.15, 0.2) is 106 Å². The fourth-order valence-electron chi connectivity index (χ4n) is 4.52. The van der Waals surface area contributed by atoms with Gasteiger partial charge in [0.2, 0.25) is 0 Å². The molecular formula is C35H44FNO6S2. The van der Waals surface area contributed by atoms with E-state index in [9.17, 15) is 32.6 Å². The Morgan fingerprint density at radius 3 is 2.29 bits per heavy atom.